The van der Waals surface area contributed by atoms with E-state index in [9.17, 15) is 4.79 Å². The lowest BCUT2D eigenvalue weighted by atomic mass is 10.1. The van der Waals surface area contributed by atoms with Gasteiger partial charge >= 0.3 is 6.09 Å². The summed E-state index contributed by atoms with van der Waals surface area (Å²) in [5.41, 5.74) is 0.835. The van der Waals surface area contributed by atoms with Crippen molar-refractivity contribution < 1.29 is 9.53 Å². The predicted molar refractivity (Wildman–Crippen MR) is 79.0 cm³/mol. The number of nitrogens with one attached hydrogen (secondary N) is 1. The van der Waals surface area contributed by atoms with Crippen molar-refractivity contribution in [3.05, 3.63) is 36.1 Å². The lowest BCUT2D eigenvalue weighted by molar-refractivity contribution is 0.103. The molecule has 1 aliphatic rings. The van der Waals surface area contributed by atoms with E-state index < -0.39 is 0 Å². The van der Waals surface area contributed by atoms with E-state index in [0.717, 1.165) is 18.5 Å². The smallest absolute Gasteiger partial charge is 0.410 e. The van der Waals surface area contributed by atoms with E-state index in [1.54, 1.807) is 17.2 Å². The zero-order valence-corrected chi connectivity index (χ0v) is 12.0. The summed E-state index contributed by atoms with van der Waals surface area (Å²) in [4.78, 5) is 17.4. The van der Waals surface area contributed by atoms with Crippen molar-refractivity contribution in [2.45, 2.75) is 18.9 Å². The fourth-order valence-electron chi connectivity index (χ4n) is 2.14. The second kappa shape index (κ2) is 7.14. The summed E-state index contributed by atoms with van der Waals surface area (Å²) < 4.78 is 5.02. The Bertz CT molecular complexity index is 473. The Balaban J connectivity index is 1.81. The lowest BCUT2D eigenvalue weighted by Gasteiger charge is -2.32. The van der Waals surface area contributed by atoms with E-state index in [1.165, 1.54) is 0 Å². The van der Waals surface area contributed by atoms with Gasteiger partial charge in [-0.1, -0.05) is 24.3 Å². The molecule has 0 atom stereocenters. The van der Waals surface area contributed by atoms with Crippen LogP contribution in [0.3, 0.4) is 0 Å². The number of piperidine rings is 1. The van der Waals surface area contributed by atoms with Gasteiger partial charge in [-0.15, -0.1) is 0 Å². The van der Waals surface area contributed by atoms with Crippen LogP contribution in [0.15, 0.2) is 31.0 Å². The van der Waals surface area contributed by atoms with Crippen LogP contribution >= 0.6 is 11.6 Å². The highest BCUT2D eigenvalue weighted by Gasteiger charge is 2.23. The number of pyridine rings is 1. The highest BCUT2D eigenvalue weighted by atomic mass is 35.5. The Morgan fingerprint density at radius 2 is 2.35 bits per heavy atom. The van der Waals surface area contributed by atoms with E-state index in [1.807, 2.05) is 12.1 Å². The molecule has 1 aliphatic heterocycles. The third kappa shape index (κ3) is 3.87. The molecule has 0 aliphatic carbocycles. The number of halogens is 1. The van der Waals surface area contributed by atoms with Gasteiger partial charge in [0.2, 0.25) is 0 Å². The molecule has 2 rings (SSSR count). The van der Waals surface area contributed by atoms with Crippen molar-refractivity contribution in [3.8, 4) is 0 Å². The van der Waals surface area contributed by atoms with E-state index in [-0.39, 0.29) is 12.7 Å². The fourth-order valence-corrected chi connectivity index (χ4v) is 2.32. The van der Waals surface area contributed by atoms with Gasteiger partial charge in [-0.05, 0) is 25.0 Å². The van der Waals surface area contributed by atoms with Crippen molar-refractivity contribution in [1.29, 1.82) is 0 Å². The highest BCUT2D eigenvalue weighted by molar-refractivity contribution is 6.31. The topological polar surface area (TPSA) is 54.5 Å². The SMILES string of the molecule is C=CCOC(=O)N1CCC(Nc2cccnc2Cl)CC1. The molecule has 108 valence electrons. The van der Waals surface area contributed by atoms with Crippen LogP contribution in [0.2, 0.25) is 5.15 Å². The maximum absolute atomic E-state index is 11.7. The summed E-state index contributed by atoms with van der Waals surface area (Å²) in [6.45, 7) is 5.12. The number of carbonyl (C=O) groups excluding carboxylic acids is 1. The predicted octanol–water partition coefficient (Wildman–Crippen LogP) is 2.93. The van der Waals surface area contributed by atoms with Crippen LogP contribution in [0.4, 0.5) is 10.5 Å². The number of nitrogens with zero attached hydrogens (tertiary/aromatic N) is 2. The summed E-state index contributed by atoms with van der Waals surface area (Å²) in [6, 6.07) is 4.04. The van der Waals surface area contributed by atoms with Crippen LogP contribution in [0.1, 0.15) is 12.8 Å². The van der Waals surface area contributed by atoms with Crippen LogP contribution < -0.4 is 5.32 Å². The molecule has 1 N–H and O–H groups in total. The fraction of sp³-hybridized carbons (Fsp3) is 0.429. The average molecular weight is 296 g/mol. The molecule has 1 aromatic heterocycles. The van der Waals surface area contributed by atoms with Gasteiger partial charge in [0.15, 0.2) is 5.15 Å². The molecule has 1 amide bonds. The van der Waals surface area contributed by atoms with Crippen molar-refractivity contribution in [2.24, 2.45) is 0 Å². The number of likely N-dealkylation sites (tertiary alicyclic amines) is 1. The molecule has 1 aromatic rings. The Morgan fingerprint density at radius 1 is 1.60 bits per heavy atom. The first-order valence-electron chi connectivity index (χ1n) is 6.60. The number of carbonyl (C=O) groups is 1. The van der Waals surface area contributed by atoms with E-state index >= 15 is 0 Å². The number of ether oxygens (including phenoxy) is 1. The minimum absolute atomic E-state index is 0.252. The number of hydrogen-bond donors (Lipinski definition) is 1. The lowest BCUT2D eigenvalue weighted by Crippen LogP contribution is -2.42. The van der Waals surface area contributed by atoms with Crippen molar-refractivity contribution >= 4 is 23.4 Å². The number of anilines is 1. The molecule has 0 spiro atoms. The van der Waals surface area contributed by atoms with Gasteiger partial charge in [0.05, 0.1) is 5.69 Å². The highest BCUT2D eigenvalue weighted by Crippen LogP contribution is 2.22. The van der Waals surface area contributed by atoms with Crippen LogP contribution in [0, 0.1) is 0 Å². The normalized spacial score (nSPS) is 15.8. The van der Waals surface area contributed by atoms with Crippen LogP contribution in [-0.4, -0.2) is 41.7 Å². The molecule has 1 saturated heterocycles. The largest absolute Gasteiger partial charge is 0.445 e. The second-order valence-electron chi connectivity index (χ2n) is 4.61. The maximum atomic E-state index is 11.7. The van der Waals surface area contributed by atoms with Gasteiger partial charge in [-0.25, -0.2) is 9.78 Å². The number of hydrogen-bond acceptors (Lipinski definition) is 4. The molecular formula is C14H18ClN3O2. The molecule has 0 radical (unpaired) electrons. The summed E-state index contributed by atoms with van der Waals surface area (Å²) in [7, 11) is 0. The zero-order valence-electron chi connectivity index (χ0n) is 11.2. The molecule has 0 bridgehead atoms. The first-order chi connectivity index (χ1) is 9.70. The van der Waals surface area contributed by atoms with E-state index in [2.05, 4.69) is 16.9 Å². The quantitative estimate of drug-likeness (QED) is 0.685. The molecule has 0 unspecified atom stereocenters. The molecule has 0 aromatic carbocycles. The zero-order chi connectivity index (χ0) is 14.4. The summed E-state index contributed by atoms with van der Waals surface area (Å²) in [5.74, 6) is 0. The number of aromatic nitrogens is 1. The minimum atomic E-state index is -0.275. The molecule has 2 heterocycles. The number of amides is 1. The van der Waals surface area contributed by atoms with Crippen LogP contribution in [-0.2, 0) is 4.74 Å². The third-order valence-corrected chi connectivity index (χ3v) is 3.50. The Kier molecular flexibility index (Phi) is 5.24. The van der Waals surface area contributed by atoms with E-state index in [4.69, 9.17) is 16.3 Å². The van der Waals surface area contributed by atoms with Gasteiger partial charge in [-0.2, -0.15) is 0 Å². The van der Waals surface area contributed by atoms with Gasteiger partial charge in [0.1, 0.15) is 6.61 Å². The van der Waals surface area contributed by atoms with Crippen LogP contribution in [0.25, 0.3) is 0 Å². The van der Waals surface area contributed by atoms with Gasteiger partial charge < -0.3 is 15.0 Å². The van der Waals surface area contributed by atoms with E-state index in [0.29, 0.717) is 24.3 Å². The molecule has 1 fully saturated rings. The van der Waals surface area contributed by atoms with Gasteiger partial charge in [0, 0.05) is 25.3 Å². The second-order valence-corrected chi connectivity index (χ2v) is 4.97. The number of rotatable bonds is 4. The molecular weight excluding hydrogens is 278 g/mol. The monoisotopic (exact) mass is 295 g/mol. The average Bonchev–Trinajstić information content (AvgIpc) is 2.48. The molecule has 5 nitrogen and oxygen atoms in total. The van der Waals surface area contributed by atoms with Crippen molar-refractivity contribution in [3.63, 3.8) is 0 Å². The summed E-state index contributed by atoms with van der Waals surface area (Å²) >= 11 is 6.01. The summed E-state index contributed by atoms with van der Waals surface area (Å²) in [6.07, 6.45) is 4.66. The van der Waals surface area contributed by atoms with Crippen molar-refractivity contribution in [2.75, 3.05) is 25.0 Å². The van der Waals surface area contributed by atoms with Gasteiger partial charge in [-0.3, -0.25) is 0 Å². The standard InChI is InChI=1S/C14H18ClN3O2/c1-2-10-20-14(19)18-8-5-11(6-9-18)17-12-4-3-7-16-13(12)15/h2-4,7,11,17H,1,5-6,8-10H2. The Morgan fingerprint density at radius 3 is 3.00 bits per heavy atom. The first kappa shape index (κ1) is 14.7. The first-order valence-corrected chi connectivity index (χ1v) is 6.98. The van der Waals surface area contributed by atoms with Crippen LogP contribution in [0.5, 0.6) is 0 Å². The molecule has 6 heteroatoms. The summed E-state index contributed by atoms with van der Waals surface area (Å²) in [5, 5.41) is 3.83. The Hall–Kier alpha value is -1.75. The maximum Gasteiger partial charge on any atom is 0.410 e. The van der Waals surface area contributed by atoms with Crippen molar-refractivity contribution in [1.82, 2.24) is 9.88 Å². The van der Waals surface area contributed by atoms with Gasteiger partial charge in [0.25, 0.3) is 0 Å². The minimum Gasteiger partial charge on any atom is -0.445 e. The molecule has 0 saturated carbocycles. The third-order valence-electron chi connectivity index (χ3n) is 3.20. The Labute approximate surface area is 123 Å². The molecule has 20 heavy (non-hydrogen) atoms.